The molecule has 0 aliphatic heterocycles. The summed E-state index contributed by atoms with van der Waals surface area (Å²) < 4.78 is 5.73. The van der Waals surface area contributed by atoms with Crippen LogP contribution in [0.5, 0.6) is 5.75 Å². The second kappa shape index (κ2) is 6.12. The molecule has 0 N–H and O–H groups in total. The van der Waals surface area contributed by atoms with Crippen molar-refractivity contribution in [3.8, 4) is 5.75 Å². The van der Waals surface area contributed by atoms with E-state index in [2.05, 4.69) is 13.0 Å². The predicted molar refractivity (Wildman–Crippen MR) is 76.6 cm³/mol. The van der Waals surface area contributed by atoms with Crippen LogP contribution < -0.4 is 4.74 Å². The molecule has 3 heteroatoms. The van der Waals surface area contributed by atoms with Gasteiger partial charge in [-0.05, 0) is 36.2 Å². The monoisotopic (exact) mass is 280 g/mol. The summed E-state index contributed by atoms with van der Waals surface area (Å²) in [5.74, 6) is 0.838. The topological polar surface area (TPSA) is 9.23 Å². The van der Waals surface area contributed by atoms with Crippen molar-refractivity contribution >= 4 is 23.2 Å². The van der Waals surface area contributed by atoms with Crippen molar-refractivity contribution in [1.29, 1.82) is 0 Å². The number of hydrogen-bond acceptors (Lipinski definition) is 1. The smallest absolute Gasteiger partial charge is 0.120 e. The van der Waals surface area contributed by atoms with Crippen LogP contribution in [0.3, 0.4) is 0 Å². The zero-order valence-corrected chi connectivity index (χ0v) is 11.6. The van der Waals surface area contributed by atoms with Gasteiger partial charge in [-0.25, -0.2) is 0 Å². The molecule has 2 aromatic carbocycles. The zero-order chi connectivity index (χ0) is 13.0. The maximum absolute atomic E-state index is 6.09. The van der Waals surface area contributed by atoms with Crippen LogP contribution in [0.4, 0.5) is 0 Å². The third-order valence-corrected chi connectivity index (χ3v) is 3.46. The fourth-order valence-electron chi connectivity index (χ4n) is 1.68. The molecule has 0 radical (unpaired) electrons. The molecule has 18 heavy (non-hydrogen) atoms. The highest BCUT2D eigenvalue weighted by molar-refractivity contribution is 6.35. The van der Waals surface area contributed by atoms with Gasteiger partial charge in [0.15, 0.2) is 0 Å². The lowest BCUT2D eigenvalue weighted by molar-refractivity contribution is 0.306. The van der Waals surface area contributed by atoms with Gasteiger partial charge in [-0.3, -0.25) is 0 Å². The van der Waals surface area contributed by atoms with Gasteiger partial charge >= 0.3 is 0 Å². The van der Waals surface area contributed by atoms with Crippen molar-refractivity contribution in [3.63, 3.8) is 0 Å². The minimum absolute atomic E-state index is 0.381. The van der Waals surface area contributed by atoms with Crippen molar-refractivity contribution in [3.05, 3.63) is 63.6 Å². The van der Waals surface area contributed by atoms with Crippen molar-refractivity contribution < 1.29 is 4.74 Å². The molecule has 0 aliphatic rings. The summed E-state index contributed by atoms with van der Waals surface area (Å²) in [4.78, 5) is 0. The third-order valence-electron chi connectivity index (χ3n) is 2.75. The van der Waals surface area contributed by atoms with Crippen LogP contribution in [0, 0.1) is 0 Å². The highest BCUT2D eigenvalue weighted by atomic mass is 35.5. The molecule has 0 spiro atoms. The van der Waals surface area contributed by atoms with E-state index in [1.165, 1.54) is 5.56 Å². The normalized spacial score (nSPS) is 10.4. The molecule has 0 atom stereocenters. The average molecular weight is 281 g/mol. The van der Waals surface area contributed by atoms with Crippen LogP contribution in [0.2, 0.25) is 10.0 Å². The first-order valence-corrected chi connectivity index (χ1v) is 6.61. The van der Waals surface area contributed by atoms with Gasteiger partial charge in [-0.1, -0.05) is 48.3 Å². The van der Waals surface area contributed by atoms with E-state index < -0.39 is 0 Å². The van der Waals surface area contributed by atoms with Crippen LogP contribution in [0.1, 0.15) is 18.1 Å². The molecule has 0 amide bonds. The molecule has 0 heterocycles. The Balaban J connectivity index is 2.11. The van der Waals surface area contributed by atoms with E-state index in [0.717, 1.165) is 17.7 Å². The van der Waals surface area contributed by atoms with Crippen LogP contribution >= 0.6 is 23.2 Å². The van der Waals surface area contributed by atoms with Gasteiger partial charge < -0.3 is 4.74 Å². The second-order valence-electron chi connectivity index (χ2n) is 3.99. The largest absolute Gasteiger partial charge is 0.489 e. The molecule has 1 nitrogen and oxygen atoms in total. The van der Waals surface area contributed by atoms with E-state index in [4.69, 9.17) is 27.9 Å². The van der Waals surface area contributed by atoms with E-state index in [0.29, 0.717) is 16.7 Å². The maximum atomic E-state index is 6.09. The van der Waals surface area contributed by atoms with Gasteiger partial charge in [0.25, 0.3) is 0 Å². The summed E-state index contributed by atoms with van der Waals surface area (Å²) in [6.07, 6.45) is 0.990. The van der Waals surface area contributed by atoms with Crippen molar-refractivity contribution in [1.82, 2.24) is 0 Å². The van der Waals surface area contributed by atoms with Gasteiger partial charge in [-0.15, -0.1) is 0 Å². The first-order chi connectivity index (χ1) is 8.70. The minimum atomic E-state index is 0.381. The first kappa shape index (κ1) is 13.3. The van der Waals surface area contributed by atoms with Crippen molar-refractivity contribution in [2.45, 2.75) is 20.0 Å². The Bertz CT molecular complexity index is 518. The molecule has 2 aromatic rings. The summed E-state index contributed by atoms with van der Waals surface area (Å²) in [5, 5.41) is 1.27. The molecule has 2 rings (SSSR count). The lowest BCUT2D eigenvalue weighted by Crippen LogP contribution is -1.97. The number of rotatable bonds is 4. The standard InChI is InChI=1S/C15H14Cl2O/c1-2-11-5-3-6-12(9-11)18-10-13-14(16)7-4-8-15(13)17/h3-9H,2,10H2,1H3. The Kier molecular flexibility index (Phi) is 4.51. The molecule has 0 aliphatic carbocycles. The molecule has 0 saturated carbocycles. The SMILES string of the molecule is CCc1cccc(OCc2c(Cl)cccc2Cl)c1. The van der Waals surface area contributed by atoms with Gasteiger partial charge in [0.1, 0.15) is 12.4 Å². The van der Waals surface area contributed by atoms with Gasteiger partial charge in [0, 0.05) is 15.6 Å². The Morgan fingerprint density at radius 1 is 1.00 bits per heavy atom. The molecule has 0 aromatic heterocycles. The Morgan fingerprint density at radius 3 is 2.33 bits per heavy atom. The van der Waals surface area contributed by atoms with Crippen LogP contribution in [-0.2, 0) is 13.0 Å². The molecule has 0 unspecified atom stereocenters. The zero-order valence-electron chi connectivity index (χ0n) is 10.1. The highest BCUT2D eigenvalue weighted by Gasteiger charge is 2.06. The maximum Gasteiger partial charge on any atom is 0.120 e. The minimum Gasteiger partial charge on any atom is -0.489 e. The molecule has 94 valence electrons. The van der Waals surface area contributed by atoms with E-state index in [-0.39, 0.29) is 0 Å². The van der Waals surface area contributed by atoms with E-state index in [9.17, 15) is 0 Å². The van der Waals surface area contributed by atoms with Crippen LogP contribution in [-0.4, -0.2) is 0 Å². The van der Waals surface area contributed by atoms with Crippen molar-refractivity contribution in [2.75, 3.05) is 0 Å². The van der Waals surface area contributed by atoms with Gasteiger partial charge in [0.05, 0.1) is 0 Å². The summed E-state index contributed by atoms with van der Waals surface area (Å²) >= 11 is 12.2. The van der Waals surface area contributed by atoms with Crippen LogP contribution in [0.25, 0.3) is 0 Å². The molecular weight excluding hydrogens is 267 g/mol. The summed E-state index contributed by atoms with van der Waals surface area (Å²) in [6.45, 7) is 2.50. The van der Waals surface area contributed by atoms with Crippen molar-refractivity contribution in [2.24, 2.45) is 0 Å². The lowest BCUT2D eigenvalue weighted by Gasteiger charge is -2.10. The quantitative estimate of drug-likeness (QED) is 0.754. The van der Waals surface area contributed by atoms with Gasteiger partial charge in [0.2, 0.25) is 0 Å². The van der Waals surface area contributed by atoms with Gasteiger partial charge in [-0.2, -0.15) is 0 Å². The summed E-state index contributed by atoms with van der Waals surface area (Å²) in [6, 6.07) is 13.5. The fraction of sp³-hybridized carbons (Fsp3) is 0.200. The fourth-order valence-corrected chi connectivity index (χ4v) is 2.19. The third kappa shape index (κ3) is 3.18. The average Bonchev–Trinajstić information content (AvgIpc) is 2.38. The second-order valence-corrected chi connectivity index (χ2v) is 4.80. The molecule has 0 bridgehead atoms. The highest BCUT2D eigenvalue weighted by Crippen LogP contribution is 2.26. The van der Waals surface area contributed by atoms with Crippen LogP contribution in [0.15, 0.2) is 42.5 Å². The summed E-state index contributed by atoms with van der Waals surface area (Å²) in [7, 11) is 0. The number of benzene rings is 2. The number of hydrogen-bond donors (Lipinski definition) is 0. The molecule has 0 saturated heterocycles. The number of ether oxygens (including phenoxy) is 1. The Hall–Kier alpha value is -1.18. The summed E-state index contributed by atoms with van der Waals surface area (Å²) in [5.41, 5.74) is 2.07. The number of aryl methyl sites for hydroxylation is 1. The van der Waals surface area contributed by atoms with E-state index in [1.54, 1.807) is 0 Å². The molecule has 0 fully saturated rings. The lowest BCUT2D eigenvalue weighted by atomic mass is 10.2. The van der Waals surface area contributed by atoms with E-state index in [1.807, 2.05) is 36.4 Å². The Labute approximate surface area is 117 Å². The predicted octanol–water partition coefficient (Wildman–Crippen LogP) is 5.13. The first-order valence-electron chi connectivity index (χ1n) is 5.85. The van der Waals surface area contributed by atoms with E-state index >= 15 is 0 Å². The Morgan fingerprint density at radius 2 is 1.67 bits per heavy atom. The molecular formula is C15H14Cl2O. The number of halogens is 2.